The average molecular weight is 172 g/mol. The summed E-state index contributed by atoms with van der Waals surface area (Å²) < 4.78 is 0. The molecule has 0 N–H and O–H groups in total. The quantitative estimate of drug-likeness (QED) is 0.562. The lowest BCUT2D eigenvalue weighted by atomic mass is 9.88. The minimum Gasteiger partial charge on any atom is -0.0842 e. The van der Waals surface area contributed by atoms with Crippen LogP contribution in [-0.2, 0) is 0 Å². The first kappa shape index (κ1) is 8.55. The van der Waals surface area contributed by atoms with E-state index in [-0.39, 0.29) is 0 Å². The lowest BCUT2D eigenvalue weighted by Crippen LogP contribution is -1.98. The summed E-state index contributed by atoms with van der Waals surface area (Å²) in [7, 11) is 0. The van der Waals surface area contributed by atoms with Crippen molar-refractivity contribution in [2.75, 3.05) is 0 Å². The number of rotatable bonds is 1. The van der Waals surface area contributed by atoms with Gasteiger partial charge in [0.15, 0.2) is 0 Å². The van der Waals surface area contributed by atoms with Crippen LogP contribution >= 0.6 is 0 Å². The first-order valence-corrected chi connectivity index (χ1v) is 5.10. The summed E-state index contributed by atoms with van der Waals surface area (Å²) in [6.07, 6.45) is 16.2. The van der Waals surface area contributed by atoms with E-state index in [0.717, 1.165) is 0 Å². The van der Waals surface area contributed by atoms with Gasteiger partial charge >= 0.3 is 0 Å². The molecule has 0 aromatic heterocycles. The van der Waals surface area contributed by atoms with E-state index in [1.165, 1.54) is 31.3 Å². The van der Waals surface area contributed by atoms with Crippen LogP contribution < -0.4 is 0 Å². The molecule has 0 aliphatic heterocycles. The topological polar surface area (TPSA) is 0 Å². The molecule has 0 amide bonds. The number of allylic oxidation sites excluding steroid dienone is 8. The predicted octanol–water partition coefficient (Wildman–Crippen LogP) is 3.93. The Morgan fingerprint density at radius 2 is 1.92 bits per heavy atom. The van der Waals surface area contributed by atoms with Crippen molar-refractivity contribution < 1.29 is 0 Å². The van der Waals surface area contributed by atoms with Crippen LogP contribution in [0.2, 0.25) is 0 Å². The molecular weight excluding hydrogens is 156 g/mol. The molecule has 0 radical (unpaired) electrons. The van der Waals surface area contributed by atoms with Crippen LogP contribution in [0.25, 0.3) is 0 Å². The van der Waals surface area contributed by atoms with Gasteiger partial charge in [-0.3, -0.25) is 0 Å². The Morgan fingerprint density at radius 1 is 1.08 bits per heavy atom. The van der Waals surface area contributed by atoms with Gasteiger partial charge < -0.3 is 0 Å². The standard InChI is InChI=1S/C13H16/c1-11-7-5-6-10-13(11)12-8-3-2-4-9-12/h2-3,5,7-8H,4,6,9-10H2,1H3. The van der Waals surface area contributed by atoms with Crippen LogP contribution in [0.3, 0.4) is 0 Å². The molecule has 0 saturated carbocycles. The van der Waals surface area contributed by atoms with Crippen molar-refractivity contribution >= 4 is 0 Å². The van der Waals surface area contributed by atoms with Gasteiger partial charge in [-0.2, -0.15) is 0 Å². The molecule has 0 saturated heterocycles. The SMILES string of the molecule is CC1=C(C2=CC=CCC2)CCC=C1. The monoisotopic (exact) mass is 172 g/mol. The maximum atomic E-state index is 2.28. The van der Waals surface area contributed by atoms with E-state index in [2.05, 4.69) is 37.3 Å². The molecule has 0 bridgehead atoms. The Balaban J connectivity index is 2.28. The van der Waals surface area contributed by atoms with Gasteiger partial charge in [0.1, 0.15) is 0 Å². The summed E-state index contributed by atoms with van der Waals surface area (Å²) in [5.74, 6) is 0. The van der Waals surface area contributed by atoms with Gasteiger partial charge in [-0.1, -0.05) is 30.4 Å². The number of hydrogen-bond acceptors (Lipinski definition) is 0. The van der Waals surface area contributed by atoms with Gasteiger partial charge in [-0.15, -0.1) is 0 Å². The molecule has 2 rings (SSSR count). The summed E-state index contributed by atoms with van der Waals surface area (Å²) in [4.78, 5) is 0. The molecule has 0 aromatic rings. The first-order chi connectivity index (χ1) is 6.38. The molecule has 0 nitrogen and oxygen atoms in total. The normalized spacial score (nSPS) is 22.1. The van der Waals surface area contributed by atoms with Crippen LogP contribution in [0.15, 0.2) is 47.1 Å². The van der Waals surface area contributed by atoms with Gasteiger partial charge in [0.05, 0.1) is 0 Å². The van der Waals surface area contributed by atoms with Crippen molar-refractivity contribution in [3.63, 3.8) is 0 Å². The molecule has 0 aromatic carbocycles. The van der Waals surface area contributed by atoms with Gasteiger partial charge in [0, 0.05) is 0 Å². The molecule has 68 valence electrons. The lowest BCUT2D eigenvalue weighted by Gasteiger charge is -2.17. The highest BCUT2D eigenvalue weighted by atomic mass is 14.2. The second-order valence-corrected chi connectivity index (χ2v) is 3.76. The van der Waals surface area contributed by atoms with Gasteiger partial charge in [0.25, 0.3) is 0 Å². The number of hydrogen-bond donors (Lipinski definition) is 0. The van der Waals surface area contributed by atoms with Crippen LogP contribution in [0.5, 0.6) is 0 Å². The van der Waals surface area contributed by atoms with Crippen LogP contribution in [0, 0.1) is 0 Å². The molecule has 0 spiro atoms. The van der Waals surface area contributed by atoms with Crippen molar-refractivity contribution in [2.45, 2.75) is 32.6 Å². The van der Waals surface area contributed by atoms with Crippen molar-refractivity contribution in [1.29, 1.82) is 0 Å². The summed E-state index contributed by atoms with van der Waals surface area (Å²) in [5.41, 5.74) is 4.61. The van der Waals surface area contributed by atoms with Gasteiger partial charge in [0.2, 0.25) is 0 Å². The predicted molar refractivity (Wildman–Crippen MR) is 57.5 cm³/mol. The van der Waals surface area contributed by atoms with Crippen molar-refractivity contribution in [3.05, 3.63) is 47.1 Å². The molecule has 13 heavy (non-hydrogen) atoms. The molecule has 2 aliphatic rings. The lowest BCUT2D eigenvalue weighted by molar-refractivity contribution is 0.884. The van der Waals surface area contributed by atoms with E-state index in [1.54, 1.807) is 11.1 Å². The van der Waals surface area contributed by atoms with Gasteiger partial charge in [-0.25, -0.2) is 0 Å². The van der Waals surface area contributed by atoms with Crippen LogP contribution in [-0.4, -0.2) is 0 Å². The van der Waals surface area contributed by atoms with Crippen molar-refractivity contribution in [2.24, 2.45) is 0 Å². The third-order valence-corrected chi connectivity index (χ3v) is 2.81. The largest absolute Gasteiger partial charge is 0.0842 e. The van der Waals surface area contributed by atoms with Crippen molar-refractivity contribution in [3.8, 4) is 0 Å². The summed E-state index contributed by atoms with van der Waals surface area (Å²) in [6.45, 7) is 2.23. The minimum absolute atomic E-state index is 1.21. The van der Waals surface area contributed by atoms with Gasteiger partial charge in [-0.05, 0) is 49.3 Å². The highest BCUT2D eigenvalue weighted by molar-refractivity contribution is 5.44. The Morgan fingerprint density at radius 3 is 2.62 bits per heavy atom. The highest BCUT2D eigenvalue weighted by Crippen LogP contribution is 2.29. The zero-order valence-electron chi connectivity index (χ0n) is 8.22. The minimum atomic E-state index is 1.21. The Labute approximate surface area is 80.3 Å². The summed E-state index contributed by atoms with van der Waals surface area (Å²) in [6, 6.07) is 0. The Kier molecular flexibility index (Phi) is 2.49. The molecular formula is C13H16. The fourth-order valence-corrected chi connectivity index (χ4v) is 2.05. The fraction of sp³-hybridized carbons (Fsp3) is 0.385. The van der Waals surface area contributed by atoms with Crippen LogP contribution in [0.1, 0.15) is 32.6 Å². The molecule has 2 aliphatic carbocycles. The smallest absolute Gasteiger partial charge is 0.0239 e. The van der Waals surface area contributed by atoms with E-state index in [4.69, 9.17) is 0 Å². The van der Waals surface area contributed by atoms with E-state index in [0.29, 0.717) is 0 Å². The second kappa shape index (κ2) is 3.78. The zero-order valence-corrected chi connectivity index (χ0v) is 8.22. The first-order valence-electron chi connectivity index (χ1n) is 5.10. The molecule has 0 unspecified atom stereocenters. The van der Waals surface area contributed by atoms with E-state index in [1.807, 2.05) is 0 Å². The molecule has 0 fully saturated rings. The third kappa shape index (κ3) is 1.82. The maximum Gasteiger partial charge on any atom is -0.0239 e. The summed E-state index contributed by atoms with van der Waals surface area (Å²) in [5, 5.41) is 0. The highest BCUT2D eigenvalue weighted by Gasteiger charge is 2.10. The molecule has 0 atom stereocenters. The fourth-order valence-electron chi connectivity index (χ4n) is 2.05. The third-order valence-electron chi connectivity index (χ3n) is 2.81. The van der Waals surface area contributed by atoms with Crippen molar-refractivity contribution in [1.82, 2.24) is 0 Å². The van der Waals surface area contributed by atoms with Crippen LogP contribution in [0.4, 0.5) is 0 Å². The molecule has 0 heteroatoms. The van der Waals surface area contributed by atoms with E-state index < -0.39 is 0 Å². The zero-order chi connectivity index (χ0) is 9.10. The van der Waals surface area contributed by atoms with E-state index >= 15 is 0 Å². The Hall–Kier alpha value is -1.04. The maximum absolute atomic E-state index is 2.28. The Bertz CT molecular complexity index is 311. The average Bonchev–Trinajstić information content (AvgIpc) is 2.20. The second-order valence-electron chi connectivity index (χ2n) is 3.76. The van der Waals surface area contributed by atoms with E-state index in [9.17, 15) is 0 Å². The molecule has 0 heterocycles. The summed E-state index contributed by atoms with van der Waals surface area (Å²) >= 11 is 0.